The fraction of sp³-hybridized carbons (Fsp3) is 0.231. The summed E-state index contributed by atoms with van der Waals surface area (Å²) in [4.78, 5) is 15.4. The number of nitrogens with zero attached hydrogens (tertiary/aromatic N) is 1. The predicted octanol–water partition coefficient (Wildman–Crippen LogP) is 2.97. The Kier molecular flexibility index (Phi) is 3.34. The van der Waals surface area contributed by atoms with E-state index in [1.54, 1.807) is 0 Å². The molecule has 0 fully saturated rings. The summed E-state index contributed by atoms with van der Waals surface area (Å²) in [6.45, 7) is 5.51. The molecule has 18 heavy (non-hydrogen) atoms. The molecule has 0 saturated heterocycles. The Bertz CT molecular complexity index is 604. The smallest absolute Gasteiger partial charge is 0.221 e. The molecule has 0 aliphatic rings. The molecule has 1 heterocycles. The zero-order chi connectivity index (χ0) is 13.3. The van der Waals surface area contributed by atoms with Crippen LogP contribution in [0.3, 0.4) is 0 Å². The molecule has 0 unspecified atom stereocenters. The van der Waals surface area contributed by atoms with E-state index in [0.717, 1.165) is 28.1 Å². The monoisotopic (exact) mass is 261 g/mol. The second-order valence-corrected chi connectivity index (χ2v) is 5.05. The Hall–Kier alpha value is -1.88. The van der Waals surface area contributed by atoms with Gasteiger partial charge in [-0.25, -0.2) is 4.98 Å². The van der Waals surface area contributed by atoms with Crippen LogP contribution in [0.4, 0.5) is 10.8 Å². The lowest BCUT2D eigenvalue weighted by molar-refractivity contribution is -0.114. The quantitative estimate of drug-likeness (QED) is 0.873. The van der Waals surface area contributed by atoms with E-state index in [9.17, 15) is 4.79 Å². The van der Waals surface area contributed by atoms with Gasteiger partial charge in [-0.2, -0.15) is 0 Å². The van der Waals surface area contributed by atoms with Crippen LogP contribution in [-0.2, 0) is 4.79 Å². The molecule has 4 nitrogen and oxygen atoms in total. The minimum absolute atomic E-state index is 0.0665. The van der Waals surface area contributed by atoms with Crippen LogP contribution in [0, 0.1) is 13.8 Å². The van der Waals surface area contributed by atoms with Gasteiger partial charge in [0.25, 0.3) is 0 Å². The summed E-state index contributed by atoms with van der Waals surface area (Å²) >= 11 is 1.43. The molecule has 2 rings (SSSR count). The highest BCUT2D eigenvalue weighted by Gasteiger charge is 2.11. The zero-order valence-corrected chi connectivity index (χ0v) is 11.4. The van der Waals surface area contributed by atoms with Crippen molar-refractivity contribution in [3.8, 4) is 11.3 Å². The van der Waals surface area contributed by atoms with Crippen LogP contribution in [0.25, 0.3) is 11.3 Å². The molecule has 0 spiro atoms. The van der Waals surface area contributed by atoms with Crippen LogP contribution in [-0.4, -0.2) is 10.9 Å². The van der Waals surface area contributed by atoms with Crippen molar-refractivity contribution in [3.05, 3.63) is 28.6 Å². The summed E-state index contributed by atoms with van der Waals surface area (Å²) in [5.41, 5.74) is 10.6. The van der Waals surface area contributed by atoms with E-state index in [2.05, 4.69) is 10.3 Å². The van der Waals surface area contributed by atoms with Crippen LogP contribution in [0.15, 0.2) is 17.5 Å². The van der Waals surface area contributed by atoms with Crippen LogP contribution in [0.5, 0.6) is 0 Å². The van der Waals surface area contributed by atoms with Crippen molar-refractivity contribution in [1.82, 2.24) is 4.98 Å². The van der Waals surface area contributed by atoms with Crippen molar-refractivity contribution in [3.63, 3.8) is 0 Å². The van der Waals surface area contributed by atoms with Gasteiger partial charge >= 0.3 is 0 Å². The second kappa shape index (κ2) is 4.78. The van der Waals surface area contributed by atoms with Crippen LogP contribution in [0.1, 0.15) is 18.1 Å². The van der Waals surface area contributed by atoms with E-state index in [-0.39, 0.29) is 5.91 Å². The van der Waals surface area contributed by atoms with E-state index in [1.807, 2.05) is 31.4 Å². The number of amides is 1. The average molecular weight is 261 g/mol. The normalized spacial score (nSPS) is 10.4. The molecule has 0 aliphatic heterocycles. The van der Waals surface area contributed by atoms with Gasteiger partial charge in [0.05, 0.1) is 5.69 Å². The Morgan fingerprint density at radius 3 is 2.61 bits per heavy atom. The first kappa shape index (κ1) is 12.6. The number of benzene rings is 1. The summed E-state index contributed by atoms with van der Waals surface area (Å²) in [5, 5.41) is 5.32. The molecule has 0 atom stereocenters. The first-order chi connectivity index (χ1) is 8.49. The Labute approximate surface area is 110 Å². The van der Waals surface area contributed by atoms with Gasteiger partial charge in [-0.3, -0.25) is 4.79 Å². The van der Waals surface area contributed by atoms with Crippen molar-refractivity contribution in [2.45, 2.75) is 20.8 Å². The van der Waals surface area contributed by atoms with Crippen molar-refractivity contribution in [2.75, 3.05) is 11.1 Å². The molecule has 0 bridgehead atoms. The summed E-state index contributed by atoms with van der Waals surface area (Å²) in [6.07, 6.45) is 0. The number of nitrogens with two attached hydrogens (primary N) is 1. The second-order valence-electron chi connectivity index (χ2n) is 4.16. The van der Waals surface area contributed by atoms with Crippen LogP contribution in [0.2, 0.25) is 0 Å². The number of rotatable bonds is 2. The van der Waals surface area contributed by atoms with Crippen LogP contribution < -0.4 is 11.1 Å². The highest BCUT2D eigenvalue weighted by molar-refractivity contribution is 7.13. The summed E-state index contributed by atoms with van der Waals surface area (Å²) < 4.78 is 0. The molecular formula is C13H15N3OS. The Morgan fingerprint density at radius 2 is 2.06 bits per heavy atom. The summed E-state index contributed by atoms with van der Waals surface area (Å²) in [7, 11) is 0. The lowest BCUT2D eigenvalue weighted by Gasteiger charge is -2.12. The molecule has 0 aliphatic carbocycles. The number of carbonyl (C=O) groups excluding carboxylic acids is 1. The van der Waals surface area contributed by atoms with Gasteiger partial charge in [-0.1, -0.05) is 6.07 Å². The van der Waals surface area contributed by atoms with Crippen molar-refractivity contribution in [2.24, 2.45) is 0 Å². The Morgan fingerprint density at radius 1 is 1.33 bits per heavy atom. The Balaban J connectivity index is 2.46. The number of anilines is 2. The molecule has 1 aromatic carbocycles. The molecule has 2 aromatic rings. The fourth-order valence-electron chi connectivity index (χ4n) is 1.83. The molecule has 0 radical (unpaired) electrons. The molecule has 1 amide bonds. The van der Waals surface area contributed by atoms with E-state index >= 15 is 0 Å². The van der Waals surface area contributed by atoms with Gasteiger partial charge < -0.3 is 11.1 Å². The third-order valence-corrected chi connectivity index (χ3v) is 3.57. The van der Waals surface area contributed by atoms with E-state index < -0.39 is 0 Å². The van der Waals surface area contributed by atoms with Crippen LogP contribution >= 0.6 is 11.3 Å². The van der Waals surface area contributed by atoms with Gasteiger partial charge in [-0.05, 0) is 31.0 Å². The van der Waals surface area contributed by atoms with Crippen molar-refractivity contribution in [1.29, 1.82) is 0 Å². The van der Waals surface area contributed by atoms with E-state index in [4.69, 9.17) is 5.73 Å². The van der Waals surface area contributed by atoms with Gasteiger partial charge in [0.1, 0.15) is 0 Å². The lowest BCUT2D eigenvalue weighted by Crippen LogP contribution is -2.08. The number of nitrogen functional groups attached to an aromatic ring is 1. The topological polar surface area (TPSA) is 68.0 Å². The number of carbonyl (C=O) groups is 1. The van der Waals surface area contributed by atoms with E-state index in [1.165, 1.54) is 18.3 Å². The molecule has 94 valence electrons. The van der Waals surface area contributed by atoms with Gasteiger partial charge in [-0.15, -0.1) is 11.3 Å². The van der Waals surface area contributed by atoms with Crippen molar-refractivity contribution >= 4 is 28.1 Å². The third-order valence-electron chi connectivity index (χ3n) is 2.90. The number of nitrogens with one attached hydrogen (secondary N) is 1. The fourth-order valence-corrected chi connectivity index (χ4v) is 2.40. The summed E-state index contributed by atoms with van der Waals surface area (Å²) in [5.74, 6) is -0.0665. The van der Waals surface area contributed by atoms with E-state index in [0.29, 0.717) is 5.13 Å². The third kappa shape index (κ3) is 2.36. The average Bonchev–Trinajstić information content (AvgIpc) is 2.71. The molecule has 3 N–H and O–H groups in total. The maximum absolute atomic E-state index is 11.1. The standard InChI is InChI=1S/C13H15N3OS/c1-7-8(2)11(15-9(3)17)5-4-10(7)12-6-18-13(14)16-12/h4-6H,1-3H3,(H2,14,16)(H,15,17). The van der Waals surface area contributed by atoms with Gasteiger partial charge in [0.2, 0.25) is 5.91 Å². The highest BCUT2D eigenvalue weighted by atomic mass is 32.1. The number of aromatic nitrogens is 1. The van der Waals surface area contributed by atoms with Crippen molar-refractivity contribution < 1.29 is 4.79 Å². The molecular weight excluding hydrogens is 246 g/mol. The number of hydrogen-bond donors (Lipinski definition) is 2. The van der Waals surface area contributed by atoms with Gasteiger partial charge in [0, 0.05) is 23.6 Å². The minimum atomic E-state index is -0.0665. The zero-order valence-electron chi connectivity index (χ0n) is 10.6. The number of hydrogen-bond acceptors (Lipinski definition) is 4. The lowest BCUT2D eigenvalue weighted by atomic mass is 10.00. The number of thiazole rings is 1. The largest absolute Gasteiger partial charge is 0.375 e. The first-order valence-corrected chi connectivity index (χ1v) is 6.46. The molecule has 5 heteroatoms. The van der Waals surface area contributed by atoms with Gasteiger partial charge in [0.15, 0.2) is 5.13 Å². The predicted molar refractivity (Wildman–Crippen MR) is 75.7 cm³/mol. The minimum Gasteiger partial charge on any atom is -0.375 e. The molecule has 0 saturated carbocycles. The highest BCUT2D eigenvalue weighted by Crippen LogP contribution is 2.31. The first-order valence-electron chi connectivity index (χ1n) is 5.58. The summed E-state index contributed by atoms with van der Waals surface area (Å²) in [6, 6.07) is 3.86. The molecule has 1 aromatic heterocycles. The SMILES string of the molecule is CC(=O)Nc1ccc(-c2csc(N)n2)c(C)c1C. The maximum Gasteiger partial charge on any atom is 0.221 e. The maximum atomic E-state index is 11.1.